The number of halogens is 1. The normalized spacial score (nSPS) is 10.8. The minimum atomic E-state index is -0.631. The van der Waals surface area contributed by atoms with Crippen LogP contribution >= 0.6 is 11.3 Å². The average molecular weight is 274 g/mol. The molecule has 0 spiro atoms. The number of hydrogen-bond donors (Lipinski definition) is 0. The summed E-state index contributed by atoms with van der Waals surface area (Å²) in [5.74, 6) is -0.631. The lowest BCUT2D eigenvalue weighted by molar-refractivity contribution is -0.385. The van der Waals surface area contributed by atoms with E-state index >= 15 is 0 Å². The molecule has 0 saturated heterocycles. The molecule has 1 heterocycles. The van der Waals surface area contributed by atoms with Crippen LogP contribution < -0.4 is 0 Å². The second-order valence-electron chi connectivity index (χ2n) is 3.91. The molecule has 0 bridgehead atoms. The van der Waals surface area contributed by atoms with Gasteiger partial charge in [0, 0.05) is 11.6 Å². The van der Waals surface area contributed by atoms with Crippen LogP contribution in [0.4, 0.5) is 10.1 Å². The smallest absolute Gasteiger partial charge is 0.258 e. The van der Waals surface area contributed by atoms with Crippen LogP contribution in [0.15, 0.2) is 42.5 Å². The van der Waals surface area contributed by atoms with Gasteiger partial charge in [0.25, 0.3) is 5.69 Å². The topological polar surface area (TPSA) is 56.0 Å². The molecule has 3 aromatic rings. The number of benzene rings is 2. The molecule has 0 fully saturated rings. The standard InChI is InChI=1S/C13H7FN2O2S/c14-10-7-8(16(17)18)5-6-9(10)13-15-11-3-1-2-4-12(11)19-13/h1-7H. The fraction of sp³-hybridized carbons (Fsp3) is 0. The molecule has 0 atom stereocenters. The lowest BCUT2D eigenvalue weighted by Crippen LogP contribution is -1.90. The number of rotatable bonds is 2. The Kier molecular flexibility index (Phi) is 2.72. The number of hydrogen-bond acceptors (Lipinski definition) is 4. The highest BCUT2D eigenvalue weighted by atomic mass is 32.1. The van der Waals surface area contributed by atoms with Crippen LogP contribution in [0, 0.1) is 15.9 Å². The molecule has 0 amide bonds. The third-order valence-electron chi connectivity index (χ3n) is 2.69. The molecule has 0 radical (unpaired) electrons. The first kappa shape index (κ1) is 11.7. The fourth-order valence-corrected chi connectivity index (χ4v) is 2.77. The van der Waals surface area contributed by atoms with Gasteiger partial charge >= 0.3 is 0 Å². The van der Waals surface area contributed by atoms with Crippen molar-refractivity contribution in [3.63, 3.8) is 0 Å². The molecule has 0 N–H and O–H groups in total. The average Bonchev–Trinajstić information content (AvgIpc) is 2.81. The van der Waals surface area contributed by atoms with Gasteiger partial charge in [0.05, 0.1) is 21.2 Å². The fourth-order valence-electron chi connectivity index (χ4n) is 1.78. The van der Waals surface area contributed by atoms with E-state index in [1.807, 2.05) is 24.3 Å². The molecule has 19 heavy (non-hydrogen) atoms. The first-order valence-electron chi connectivity index (χ1n) is 5.45. The van der Waals surface area contributed by atoms with Gasteiger partial charge < -0.3 is 0 Å². The van der Waals surface area contributed by atoms with Crippen molar-refractivity contribution in [2.75, 3.05) is 0 Å². The monoisotopic (exact) mass is 274 g/mol. The van der Waals surface area contributed by atoms with Crippen molar-refractivity contribution in [1.29, 1.82) is 0 Å². The Morgan fingerprint density at radius 3 is 2.68 bits per heavy atom. The number of non-ortho nitro benzene ring substituents is 1. The van der Waals surface area contributed by atoms with Crippen LogP contribution in [0.25, 0.3) is 20.8 Å². The first-order chi connectivity index (χ1) is 9.15. The molecular weight excluding hydrogens is 267 g/mol. The summed E-state index contributed by atoms with van der Waals surface area (Å²) in [6.45, 7) is 0. The van der Waals surface area contributed by atoms with Crippen LogP contribution in [-0.4, -0.2) is 9.91 Å². The summed E-state index contributed by atoms with van der Waals surface area (Å²) < 4.78 is 14.8. The summed E-state index contributed by atoms with van der Waals surface area (Å²) in [5.41, 5.74) is 0.814. The minimum Gasteiger partial charge on any atom is -0.258 e. The molecule has 1 aromatic heterocycles. The summed E-state index contributed by atoms with van der Waals surface area (Å²) >= 11 is 1.36. The summed E-state index contributed by atoms with van der Waals surface area (Å²) in [5, 5.41) is 11.1. The van der Waals surface area contributed by atoms with E-state index in [0.29, 0.717) is 5.01 Å². The predicted octanol–water partition coefficient (Wildman–Crippen LogP) is 4.01. The van der Waals surface area contributed by atoms with Crippen molar-refractivity contribution < 1.29 is 9.31 Å². The summed E-state index contributed by atoms with van der Waals surface area (Å²) in [6, 6.07) is 11.1. The van der Waals surface area contributed by atoms with E-state index in [1.54, 1.807) is 0 Å². The largest absolute Gasteiger partial charge is 0.272 e. The van der Waals surface area contributed by atoms with E-state index < -0.39 is 10.7 Å². The summed E-state index contributed by atoms with van der Waals surface area (Å²) in [4.78, 5) is 14.3. The molecule has 0 unspecified atom stereocenters. The van der Waals surface area contributed by atoms with Gasteiger partial charge in [0.15, 0.2) is 0 Å². The Balaban J connectivity index is 2.13. The van der Waals surface area contributed by atoms with Crippen LogP contribution in [0.1, 0.15) is 0 Å². The van der Waals surface area contributed by atoms with E-state index in [2.05, 4.69) is 4.98 Å². The van der Waals surface area contributed by atoms with Crippen molar-refractivity contribution in [1.82, 2.24) is 4.98 Å². The number of nitrogens with zero attached hydrogens (tertiary/aromatic N) is 2. The van der Waals surface area contributed by atoms with Crippen LogP contribution in [0.5, 0.6) is 0 Å². The molecule has 0 aliphatic rings. The van der Waals surface area contributed by atoms with Gasteiger partial charge in [0.1, 0.15) is 10.8 Å². The first-order valence-corrected chi connectivity index (χ1v) is 6.27. The van der Waals surface area contributed by atoms with E-state index in [4.69, 9.17) is 0 Å². The lowest BCUT2D eigenvalue weighted by Gasteiger charge is -1.98. The molecule has 3 rings (SSSR count). The maximum absolute atomic E-state index is 13.9. The Labute approximate surface area is 111 Å². The third-order valence-corrected chi connectivity index (χ3v) is 3.76. The predicted molar refractivity (Wildman–Crippen MR) is 71.7 cm³/mol. The molecule has 4 nitrogen and oxygen atoms in total. The molecule has 0 saturated carbocycles. The number of aromatic nitrogens is 1. The summed E-state index contributed by atoms with van der Waals surface area (Å²) in [6.07, 6.45) is 0. The van der Waals surface area contributed by atoms with Gasteiger partial charge in [-0.2, -0.15) is 0 Å². The van der Waals surface area contributed by atoms with Gasteiger partial charge in [-0.3, -0.25) is 10.1 Å². The highest BCUT2D eigenvalue weighted by Gasteiger charge is 2.14. The number of fused-ring (bicyclic) bond motifs is 1. The van der Waals surface area contributed by atoms with Crippen LogP contribution in [-0.2, 0) is 0 Å². The van der Waals surface area contributed by atoms with Gasteiger partial charge in [-0.15, -0.1) is 11.3 Å². The molecule has 2 aromatic carbocycles. The number of thiazole rings is 1. The van der Waals surface area contributed by atoms with E-state index in [0.717, 1.165) is 16.3 Å². The summed E-state index contributed by atoms with van der Waals surface area (Å²) in [7, 11) is 0. The van der Waals surface area contributed by atoms with Gasteiger partial charge in [-0.25, -0.2) is 9.37 Å². The van der Waals surface area contributed by atoms with Crippen molar-refractivity contribution in [3.05, 3.63) is 58.4 Å². The molecule has 6 heteroatoms. The quantitative estimate of drug-likeness (QED) is 0.524. The van der Waals surface area contributed by atoms with Crippen molar-refractivity contribution in [2.24, 2.45) is 0 Å². The number of nitro groups is 1. The Morgan fingerprint density at radius 2 is 2.00 bits per heavy atom. The molecular formula is C13H7FN2O2S. The third kappa shape index (κ3) is 2.06. The van der Waals surface area contributed by atoms with Crippen LogP contribution in [0.2, 0.25) is 0 Å². The van der Waals surface area contributed by atoms with E-state index in [-0.39, 0.29) is 11.3 Å². The zero-order valence-electron chi connectivity index (χ0n) is 9.54. The molecule has 0 aliphatic carbocycles. The van der Waals surface area contributed by atoms with E-state index in [9.17, 15) is 14.5 Å². The highest BCUT2D eigenvalue weighted by Crippen LogP contribution is 2.32. The second-order valence-corrected chi connectivity index (χ2v) is 4.94. The Morgan fingerprint density at radius 1 is 1.21 bits per heavy atom. The van der Waals surface area contributed by atoms with Crippen molar-refractivity contribution in [3.8, 4) is 10.6 Å². The zero-order valence-corrected chi connectivity index (χ0v) is 10.4. The Hall–Kier alpha value is -2.34. The van der Waals surface area contributed by atoms with Crippen LogP contribution in [0.3, 0.4) is 0 Å². The maximum Gasteiger partial charge on any atom is 0.272 e. The molecule has 94 valence electrons. The SMILES string of the molecule is O=[N+]([O-])c1ccc(-c2nc3ccccc3s2)c(F)c1. The Bertz CT molecular complexity index is 752. The highest BCUT2D eigenvalue weighted by molar-refractivity contribution is 7.21. The van der Waals surface area contributed by atoms with Gasteiger partial charge in [-0.05, 0) is 18.2 Å². The van der Waals surface area contributed by atoms with Gasteiger partial charge in [0.2, 0.25) is 0 Å². The van der Waals surface area contributed by atoms with Crippen molar-refractivity contribution in [2.45, 2.75) is 0 Å². The second kappa shape index (κ2) is 4.40. The van der Waals surface area contributed by atoms with Gasteiger partial charge in [-0.1, -0.05) is 12.1 Å². The lowest BCUT2D eigenvalue weighted by atomic mass is 10.2. The maximum atomic E-state index is 13.9. The van der Waals surface area contributed by atoms with E-state index in [1.165, 1.54) is 23.5 Å². The van der Waals surface area contributed by atoms with Crippen molar-refractivity contribution >= 4 is 27.2 Å². The zero-order chi connectivity index (χ0) is 13.4. The molecule has 0 aliphatic heterocycles. The minimum absolute atomic E-state index is 0.262. The number of nitro benzene ring substituents is 1. The number of para-hydroxylation sites is 1.